The first-order chi connectivity index (χ1) is 11.6. The second-order valence-corrected chi connectivity index (χ2v) is 6.44. The summed E-state index contributed by atoms with van der Waals surface area (Å²) in [5, 5.41) is 0. The largest absolute Gasteiger partial charge is 2.00 e. The van der Waals surface area contributed by atoms with Crippen LogP contribution in [-0.2, 0) is 62.0 Å². The number of aryl methyl sites for hydroxylation is 2. The molecule has 0 atom stereocenters. The van der Waals surface area contributed by atoms with Crippen LogP contribution in [0.4, 0.5) is 0 Å². The van der Waals surface area contributed by atoms with Crippen molar-refractivity contribution in [3.05, 3.63) is 57.1 Å². The summed E-state index contributed by atoms with van der Waals surface area (Å²) in [6.45, 7) is 15.9. The molecule has 25 heavy (non-hydrogen) atoms. The predicted molar refractivity (Wildman–Crippen MR) is 110 cm³/mol. The Morgan fingerprint density at radius 1 is 0.720 bits per heavy atom. The summed E-state index contributed by atoms with van der Waals surface area (Å²) in [6.07, 6.45) is 8.39. The maximum Gasteiger partial charge on any atom is 2.00 e. The van der Waals surface area contributed by atoms with E-state index < -0.39 is 0 Å². The zero-order valence-corrected chi connectivity index (χ0v) is 18.6. The SMILES string of the molecule is CCc1c(CC)c(CC)[c-](CC)c1CC.CCc1cc[cH-]c1CC.[Fe+2]. The van der Waals surface area contributed by atoms with Crippen LogP contribution in [0.15, 0.2) is 18.2 Å². The van der Waals surface area contributed by atoms with Gasteiger partial charge in [-0.3, -0.25) is 0 Å². The van der Waals surface area contributed by atoms with E-state index in [9.17, 15) is 0 Å². The van der Waals surface area contributed by atoms with Crippen molar-refractivity contribution in [3.63, 3.8) is 0 Å². The Labute approximate surface area is 167 Å². The molecule has 0 aliphatic rings. The second kappa shape index (κ2) is 12.6. The fraction of sp³-hybridized carbons (Fsp3) is 0.583. The van der Waals surface area contributed by atoms with E-state index in [2.05, 4.69) is 66.7 Å². The maximum absolute atomic E-state index is 2.30. The van der Waals surface area contributed by atoms with Gasteiger partial charge in [0.2, 0.25) is 0 Å². The summed E-state index contributed by atoms with van der Waals surface area (Å²) < 4.78 is 0. The average Bonchev–Trinajstić information content (AvgIpc) is 3.21. The Balaban J connectivity index is 0.000000495. The van der Waals surface area contributed by atoms with E-state index in [0.29, 0.717) is 0 Å². The van der Waals surface area contributed by atoms with E-state index in [1.807, 2.05) is 0 Å². The molecule has 0 bridgehead atoms. The smallest absolute Gasteiger partial charge is 0.210 e. The van der Waals surface area contributed by atoms with E-state index >= 15 is 0 Å². The fourth-order valence-corrected chi connectivity index (χ4v) is 4.23. The van der Waals surface area contributed by atoms with E-state index in [4.69, 9.17) is 0 Å². The van der Waals surface area contributed by atoms with Gasteiger partial charge in [-0.05, 0) is 0 Å². The minimum atomic E-state index is 0. The molecule has 0 heterocycles. The third-order valence-electron chi connectivity index (χ3n) is 5.36. The minimum Gasteiger partial charge on any atom is -0.210 e. The Kier molecular flexibility index (Phi) is 12.2. The van der Waals surface area contributed by atoms with Gasteiger partial charge in [0.25, 0.3) is 0 Å². The van der Waals surface area contributed by atoms with Gasteiger partial charge in [-0.1, -0.05) is 93.4 Å². The molecule has 0 fully saturated rings. The van der Waals surface area contributed by atoms with Crippen molar-refractivity contribution in [2.24, 2.45) is 0 Å². The molecule has 0 amide bonds. The topological polar surface area (TPSA) is 0 Å². The first kappa shape index (κ1) is 24.2. The molecule has 0 nitrogen and oxygen atoms in total. The van der Waals surface area contributed by atoms with Crippen molar-refractivity contribution in [1.82, 2.24) is 0 Å². The van der Waals surface area contributed by atoms with Crippen molar-refractivity contribution in [2.45, 2.75) is 93.4 Å². The van der Waals surface area contributed by atoms with E-state index in [-0.39, 0.29) is 17.1 Å². The van der Waals surface area contributed by atoms with Crippen LogP contribution >= 0.6 is 0 Å². The Hall–Kier alpha value is -0.781. The van der Waals surface area contributed by atoms with Gasteiger partial charge in [0.15, 0.2) is 0 Å². The van der Waals surface area contributed by atoms with Crippen molar-refractivity contribution in [2.75, 3.05) is 0 Å². The van der Waals surface area contributed by atoms with Crippen LogP contribution in [0.2, 0.25) is 0 Å². The maximum atomic E-state index is 2.30. The van der Waals surface area contributed by atoms with Gasteiger partial charge < -0.3 is 0 Å². The molecule has 0 spiro atoms. The molecule has 0 aromatic heterocycles. The zero-order chi connectivity index (χ0) is 18.1. The van der Waals surface area contributed by atoms with Gasteiger partial charge in [0.05, 0.1) is 0 Å². The molecule has 2 rings (SSSR count). The van der Waals surface area contributed by atoms with Crippen LogP contribution in [0.3, 0.4) is 0 Å². The number of rotatable bonds is 7. The number of hydrogen-bond donors (Lipinski definition) is 0. The van der Waals surface area contributed by atoms with Crippen LogP contribution in [0.1, 0.15) is 87.4 Å². The standard InChI is InChI=1S/C15H25.C9H13.Fe/c1-6-11-12(7-2)14(9-4)15(10-5)13(11)8-3;1-3-8-6-5-7-9(8)4-2;/h6-10H2,1-5H3;5-7H,3-4H2,1-2H3;/q2*-1;+2. The van der Waals surface area contributed by atoms with Crippen LogP contribution in [0.25, 0.3) is 0 Å². The molecule has 1 heteroatoms. The summed E-state index contributed by atoms with van der Waals surface area (Å²) in [6, 6.07) is 6.55. The van der Waals surface area contributed by atoms with E-state index in [0.717, 1.165) is 0 Å². The van der Waals surface area contributed by atoms with Crippen molar-refractivity contribution < 1.29 is 17.1 Å². The van der Waals surface area contributed by atoms with Gasteiger partial charge in [0.1, 0.15) is 0 Å². The Bertz CT molecular complexity index is 487. The third kappa shape index (κ3) is 5.60. The van der Waals surface area contributed by atoms with Gasteiger partial charge in [-0.15, -0.1) is 0 Å². The molecule has 0 N–H and O–H groups in total. The van der Waals surface area contributed by atoms with Gasteiger partial charge in [-0.2, -0.15) is 51.1 Å². The first-order valence-corrected chi connectivity index (χ1v) is 10.2. The molecule has 0 saturated heterocycles. The summed E-state index contributed by atoms with van der Waals surface area (Å²) in [5.74, 6) is 0. The second-order valence-electron chi connectivity index (χ2n) is 6.44. The monoisotopic (exact) mass is 382 g/mol. The van der Waals surface area contributed by atoms with Gasteiger partial charge >= 0.3 is 17.1 Å². The molecular weight excluding hydrogens is 344 g/mol. The molecule has 0 unspecified atom stereocenters. The molecule has 2 aromatic carbocycles. The Morgan fingerprint density at radius 2 is 1.24 bits per heavy atom. The van der Waals surface area contributed by atoms with Crippen LogP contribution in [0.5, 0.6) is 0 Å². The predicted octanol–water partition coefficient (Wildman–Crippen LogP) is 6.75. The molecule has 0 saturated carbocycles. The number of hydrogen-bond acceptors (Lipinski definition) is 0. The normalized spacial score (nSPS) is 10.2. The summed E-state index contributed by atoms with van der Waals surface area (Å²) in [4.78, 5) is 0. The fourth-order valence-electron chi connectivity index (χ4n) is 4.23. The summed E-state index contributed by atoms with van der Waals surface area (Å²) in [5.41, 5.74) is 11.3. The van der Waals surface area contributed by atoms with Crippen LogP contribution in [-0.4, -0.2) is 0 Å². The van der Waals surface area contributed by atoms with Crippen LogP contribution < -0.4 is 0 Å². The average molecular weight is 382 g/mol. The third-order valence-corrected chi connectivity index (χ3v) is 5.36. The Morgan fingerprint density at radius 3 is 1.52 bits per heavy atom. The molecular formula is C24H38Fe. The quantitative estimate of drug-likeness (QED) is 0.367. The van der Waals surface area contributed by atoms with Crippen molar-refractivity contribution in [3.8, 4) is 0 Å². The van der Waals surface area contributed by atoms with E-state index in [1.165, 1.54) is 56.1 Å². The molecule has 142 valence electrons. The van der Waals surface area contributed by atoms with Crippen LogP contribution in [0, 0.1) is 0 Å². The molecule has 0 aliphatic heterocycles. The summed E-state index contributed by atoms with van der Waals surface area (Å²) in [7, 11) is 0. The van der Waals surface area contributed by atoms with Crippen molar-refractivity contribution >= 4 is 0 Å². The first-order valence-electron chi connectivity index (χ1n) is 10.2. The molecule has 0 radical (unpaired) electrons. The summed E-state index contributed by atoms with van der Waals surface area (Å²) >= 11 is 0. The van der Waals surface area contributed by atoms with Gasteiger partial charge in [-0.25, -0.2) is 6.07 Å². The van der Waals surface area contributed by atoms with E-state index in [1.54, 1.807) is 27.8 Å². The molecule has 0 aliphatic carbocycles. The minimum absolute atomic E-state index is 0. The van der Waals surface area contributed by atoms with Crippen molar-refractivity contribution in [1.29, 1.82) is 0 Å². The molecule has 2 aromatic rings. The zero-order valence-electron chi connectivity index (χ0n) is 17.5. The van der Waals surface area contributed by atoms with Gasteiger partial charge in [0, 0.05) is 0 Å².